The average molecular weight is 328 g/mol. The summed E-state index contributed by atoms with van der Waals surface area (Å²) < 4.78 is 26.7. The van der Waals surface area contributed by atoms with Gasteiger partial charge in [-0.2, -0.15) is 0 Å². The molecule has 1 aromatic carbocycles. The van der Waals surface area contributed by atoms with Crippen LogP contribution in [0.5, 0.6) is 0 Å². The zero-order valence-corrected chi connectivity index (χ0v) is 11.6. The van der Waals surface area contributed by atoms with Crippen LogP contribution in [-0.2, 0) is 12.8 Å². The van der Waals surface area contributed by atoms with Gasteiger partial charge in [-0.1, -0.05) is 6.07 Å². The van der Waals surface area contributed by atoms with Gasteiger partial charge in [0.1, 0.15) is 0 Å². The molecule has 0 aliphatic rings. The van der Waals surface area contributed by atoms with E-state index < -0.39 is 17.7 Å². The Kier molecular flexibility index (Phi) is 4.61. The van der Waals surface area contributed by atoms with Crippen molar-refractivity contribution < 1.29 is 13.9 Å². The van der Waals surface area contributed by atoms with E-state index >= 15 is 0 Å². The summed E-state index contributed by atoms with van der Waals surface area (Å²) in [6, 6.07) is 5.51. The van der Waals surface area contributed by atoms with Crippen molar-refractivity contribution in [3.05, 3.63) is 63.9 Å². The van der Waals surface area contributed by atoms with Crippen molar-refractivity contribution >= 4 is 15.9 Å². The Morgan fingerprint density at radius 2 is 1.79 bits per heavy atom. The van der Waals surface area contributed by atoms with Crippen LogP contribution in [0.3, 0.4) is 0 Å². The highest BCUT2D eigenvalue weighted by atomic mass is 79.9. The van der Waals surface area contributed by atoms with E-state index in [1.54, 1.807) is 12.4 Å². The Labute approximate surface area is 118 Å². The molecule has 5 heteroatoms. The normalized spacial score (nSPS) is 12.4. The summed E-state index contributed by atoms with van der Waals surface area (Å²) in [5.41, 5.74) is 1.44. The molecule has 1 unspecified atom stereocenters. The molecule has 2 nitrogen and oxygen atoms in total. The number of pyridine rings is 1. The number of halogens is 3. The molecule has 1 atom stereocenters. The second-order valence-corrected chi connectivity index (χ2v) is 5.24. The van der Waals surface area contributed by atoms with Crippen molar-refractivity contribution in [1.29, 1.82) is 0 Å². The summed E-state index contributed by atoms with van der Waals surface area (Å²) in [6.07, 6.45) is 3.33. The highest BCUT2D eigenvalue weighted by molar-refractivity contribution is 9.10. The van der Waals surface area contributed by atoms with Gasteiger partial charge in [0.05, 0.1) is 6.10 Å². The minimum Gasteiger partial charge on any atom is -0.392 e. The molecule has 19 heavy (non-hydrogen) atoms. The lowest BCUT2D eigenvalue weighted by molar-refractivity contribution is 0.175. The van der Waals surface area contributed by atoms with Crippen LogP contribution in [0.25, 0.3) is 0 Å². The number of hydrogen-bond acceptors (Lipinski definition) is 2. The first-order valence-electron chi connectivity index (χ1n) is 5.76. The van der Waals surface area contributed by atoms with Crippen molar-refractivity contribution in [1.82, 2.24) is 4.98 Å². The van der Waals surface area contributed by atoms with Gasteiger partial charge in [0.2, 0.25) is 0 Å². The highest BCUT2D eigenvalue weighted by Gasteiger charge is 2.10. The Balaban J connectivity index is 2.01. The number of aromatic nitrogens is 1. The second kappa shape index (κ2) is 6.21. The van der Waals surface area contributed by atoms with Crippen LogP contribution in [0.4, 0.5) is 8.78 Å². The molecule has 0 fully saturated rings. The van der Waals surface area contributed by atoms with E-state index in [4.69, 9.17) is 0 Å². The Bertz CT molecular complexity index is 577. The monoisotopic (exact) mass is 327 g/mol. The highest BCUT2D eigenvalue weighted by Crippen LogP contribution is 2.15. The minimum absolute atomic E-state index is 0.268. The molecular formula is C14H12BrF2NO. The van der Waals surface area contributed by atoms with Crippen LogP contribution < -0.4 is 0 Å². The predicted molar refractivity (Wildman–Crippen MR) is 71.7 cm³/mol. The number of hydrogen-bond donors (Lipinski definition) is 1. The largest absolute Gasteiger partial charge is 0.392 e. The third kappa shape index (κ3) is 4.08. The van der Waals surface area contributed by atoms with Crippen molar-refractivity contribution in [2.75, 3.05) is 0 Å². The fraction of sp³-hybridized carbons (Fsp3) is 0.214. The lowest BCUT2D eigenvalue weighted by Crippen LogP contribution is -2.14. The number of benzene rings is 1. The number of nitrogens with zero attached hydrogens (tertiary/aromatic N) is 1. The molecule has 0 bridgehead atoms. The van der Waals surface area contributed by atoms with E-state index in [-0.39, 0.29) is 6.42 Å². The predicted octanol–water partition coefficient (Wildman–Crippen LogP) is 3.27. The molecule has 0 aliphatic carbocycles. The Morgan fingerprint density at radius 1 is 1.05 bits per heavy atom. The summed E-state index contributed by atoms with van der Waals surface area (Å²) in [7, 11) is 0. The number of rotatable bonds is 4. The van der Waals surface area contributed by atoms with Gasteiger partial charge in [0.15, 0.2) is 11.6 Å². The number of aliphatic hydroxyl groups excluding tert-OH is 1. The standard InChI is InChI=1S/C14H12BrF2NO/c15-11-3-10(7-18-8-11)5-12(19)4-9-1-2-13(16)14(17)6-9/h1-3,6-8,12,19H,4-5H2. The molecule has 1 N–H and O–H groups in total. The smallest absolute Gasteiger partial charge is 0.159 e. The molecule has 0 aliphatic heterocycles. The minimum atomic E-state index is -0.895. The maximum absolute atomic E-state index is 13.0. The molecule has 0 radical (unpaired) electrons. The average Bonchev–Trinajstić information content (AvgIpc) is 2.34. The molecular weight excluding hydrogens is 316 g/mol. The maximum atomic E-state index is 13.0. The SMILES string of the molecule is OC(Cc1cncc(Br)c1)Cc1ccc(F)c(F)c1. The summed E-state index contributed by atoms with van der Waals surface area (Å²) in [6.45, 7) is 0. The van der Waals surface area contributed by atoms with Gasteiger partial charge in [-0.15, -0.1) is 0 Å². The first kappa shape index (κ1) is 14.1. The van der Waals surface area contributed by atoms with Crippen molar-refractivity contribution in [3.63, 3.8) is 0 Å². The summed E-state index contributed by atoms with van der Waals surface area (Å²) in [5, 5.41) is 9.95. The molecule has 1 heterocycles. The van der Waals surface area contributed by atoms with Gasteiger partial charge < -0.3 is 5.11 Å². The molecule has 2 rings (SSSR count). The van der Waals surface area contributed by atoms with Crippen LogP contribution in [-0.4, -0.2) is 16.2 Å². The Hall–Kier alpha value is -1.33. The van der Waals surface area contributed by atoms with E-state index in [9.17, 15) is 13.9 Å². The van der Waals surface area contributed by atoms with Gasteiger partial charge in [-0.05, 0) is 51.7 Å². The lowest BCUT2D eigenvalue weighted by atomic mass is 10.0. The van der Waals surface area contributed by atoms with E-state index in [1.807, 2.05) is 6.07 Å². The fourth-order valence-electron chi connectivity index (χ4n) is 1.85. The first-order chi connectivity index (χ1) is 9.04. The topological polar surface area (TPSA) is 33.1 Å². The van der Waals surface area contributed by atoms with Gasteiger partial charge in [0.25, 0.3) is 0 Å². The summed E-state index contributed by atoms with van der Waals surface area (Å²) >= 11 is 3.30. The number of aliphatic hydroxyl groups is 1. The third-order valence-corrected chi connectivity index (χ3v) is 3.12. The zero-order chi connectivity index (χ0) is 13.8. The van der Waals surface area contributed by atoms with E-state index in [2.05, 4.69) is 20.9 Å². The molecule has 100 valence electrons. The van der Waals surface area contributed by atoms with Crippen LogP contribution in [0.2, 0.25) is 0 Å². The van der Waals surface area contributed by atoms with Crippen molar-refractivity contribution in [2.24, 2.45) is 0 Å². The molecule has 0 amide bonds. The van der Waals surface area contributed by atoms with Crippen molar-refractivity contribution in [2.45, 2.75) is 18.9 Å². The molecule has 0 saturated heterocycles. The van der Waals surface area contributed by atoms with Crippen LogP contribution in [0.1, 0.15) is 11.1 Å². The van der Waals surface area contributed by atoms with E-state index in [0.717, 1.165) is 22.2 Å². The third-order valence-electron chi connectivity index (χ3n) is 2.69. The van der Waals surface area contributed by atoms with Gasteiger partial charge in [-0.25, -0.2) is 8.78 Å². The Morgan fingerprint density at radius 3 is 2.47 bits per heavy atom. The zero-order valence-electron chi connectivity index (χ0n) is 9.98. The molecule has 2 aromatic rings. The van der Waals surface area contributed by atoms with Gasteiger partial charge >= 0.3 is 0 Å². The van der Waals surface area contributed by atoms with Crippen LogP contribution in [0.15, 0.2) is 41.1 Å². The molecule has 1 aromatic heterocycles. The molecule has 0 spiro atoms. The van der Waals surface area contributed by atoms with E-state index in [0.29, 0.717) is 12.0 Å². The van der Waals surface area contributed by atoms with E-state index in [1.165, 1.54) is 6.07 Å². The van der Waals surface area contributed by atoms with Crippen LogP contribution in [0, 0.1) is 11.6 Å². The van der Waals surface area contributed by atoms with Crippen LogP contribution >= 0.6 is 15.9 Å². The fourth-order valence-corrected chi connectivity index (χ4v) is 2.26. The maximum Gasteiger partial charge on any atom is 0.159 e. The second-order valence-electron chi connectivity index (χ2n) is 4.32. The summed E-state index contributed by atoms with van der Waals surface area (Å²) in [5.74, 6) is -1.77. The van der Waals surface area contributed by atoms with Crippen molar-refractivity contribution in [3.8, 4) is 0 Å². The summed E-state index contributed by atoms with van der Waals surface area (Å²) in [4.78, 5) is 4.00. The van der Waals surface area contributed by atoms with Gasteiger partial charge in [0, 0.05) is 23.3 Å². The quantitative estimate of drug-likeness (QED) is 0.934. The van der Waals surface area contributed by atoms with Gasteiger partial charge in [-0.3, -0.25) is 4.98 Å². The first-order valence-corrected chi connectivity index (χ1v) is 6.55. The molecule has 0 saturated carbocycles. The lowest BCUT2D eigenvalue weighted by Gasteiger charge is -2.11.